The van der Waals surface area contributed by atoms with Crippen LogP contribution in [0.4, 0.5) is 4.39 Å². The maximum Gasteiger partial charge on any atom is 0.161 e. The summed E-state index contributed by atoms with van der Waals surface area (Å²) in [6.45, 7) is 0.390. The summed E-state index contributed by atoms with van der Waals surface area (Å²) < 4.78 is 23.5. The molecule has 0 aliphatic rings. The Bertz CT molecular complexity index is 480. The molecule has 17 heavy (non-hydrogen) atoms. The van der Waals surface area contributed by atoms with Gasteiger partial charge in [0.15, 0.2) is 11.5 Å². The summed E-state index contributed by atoms with van der Waals surface area (Å²) in [7, 11) is 1.60. The highest BCUT2D eigenvalue weighted by molar-refractivity contribution is 5.39. The quantitative estimate of drug-likeness (QED) is 0.804. The molecule has 0 N–H and O–H groups in total. The van der Waals surface area contributed by atoms with E-state index in [0.29, 0.717) is 18.1 Å². The Kier molecular flexibility index (Phi) is 3.60. The largest absolute Gasteiger partial charge is 0.493 e. The normalized spacial score (nSPS) is 10.0. The highest BCUT2D eigenvalue weighted by Crippen LogP contribution is 2.26. The Hall–Kier alpha value is -2.03. The molecular weight excluding hydrogens is 219 g/mol. The fraction of sp³-hybridized carbons (Fsp3) is 0.143. The van der Waals surface area contributed by atoms with Crippen molar-refractivity contribution >= 4 is 0 Å². The number of methoxy groups -OCH3 is 1. The van der Waals surface area contributed by atoms with Crippen LogP contribution in [-0.2, 0) is 6.61 Å². The minimum Gasteiger partial charge on any atom is -0.493 e. The van der Waals surface area contributed by atoms with Crippen LogP contribution >= 0.6 is 0 Å². The van der Waals surface area contributed by atoms with Crippen molar-refractivity contribution in [3.05, 3.63) is 59.9 Å². The van der Waals surface area contributed by atoms with Crippen molar-refractivity contribution in [3.8, 4) is 11.5 Å². The Balaban J connectivity index is 2.04. The second kappa shape index (κ2) is 5.34. The van der Waals surface area contributed by atoms with Gasteiger partial charge >= 0.3 is 0 Å². The van der Waals surface area contributed by atoms with E-state index in [1.807, 2.05) is 24.3 Å². The van der Waals surface area contributed by atoms with E-state index in [-0.39, 0.29) is 5.82 Å². The molecule has 0 atom stereocenters. The summed E-state index contributed by atoms with van der Waals surface area (Å²) in [4.78, 5) is 0. The molecule has 0 aromatic heterocycles. The van der Waals surface area contributed by atoms with Crippen molar-refractivity contribution in [3.63, 3.8) is 0 Å². The van der Waals surface area contributed by atoms with Gasteiger partial charge in [-0.1, -0.05) is 24.3 Å². The van der Waals surface area contributed by atoms with E-state index in [1.54, 1.807) is 19.2 Å². The number of hydrogen-bond donors (Lipinski definition) is 0. The summed E-state index contributed by atoms with van der Waals surface area (Å²) in [6.07, 6.45) is 0. The molecule has 2 rings (SSSR count). The first-order valence-electron chi connectivity index (χ1n) is 5.30. The number of halogens is 1. The smallest absolute Gasteiger partial charge is 0.161 e. The monoisotopic (exact) mass is 232 g/mol. The Morgan fingerprint density at radius 2 is 1.59 bits per heavy atom. The second-order valence-electron chi connectivity index (χ2n) is 3.57. The second-order valence-corrected chi connectivity index (χ2v) is 3.57. The molecule has 0 unspecified atom stereocenters. The molecule has 2 aromatic carbocycles. The van der Waals surface area contributed by atoms with Gasteiger partial charge in [0.2, 0.25) is 0 Å². The SMILES string of the molecule is COc1ccccc1OCc1ccc(F)cc1. The predicted molar refractivity (Wildman–Crippen MR) is 63.7 cm³/mol. The van der Waals surface area contributed by atoms with Crippen molar-refractivity contribution < 1.29 is 13.9 Å². The number of para-hydroxylation sites is 2. The van der Waals surface area contributed by atoms with Crippen molar-refractivity contribution in [2.24, 2.45) is 0 Å². The van der Waals surface area contributed by atoms with Gasteiger partial charge in [-0.2, -0.15) is 0 Å². The number of benzene rings is 2. The molecule has 0 aliphatic carbocycles. The maximum atomic E-state index is 12.7. The lowest BCUT2D eigenvalue weighted by Crippen LogP contribution is -1.97. The lowest BCUT2D eigenvalue weighted by atomic mass is 10.2. The number of ether oxygens (including phenoxy) is 2. The van der Waals surface area contributed by atoms with E-state index >= 15 is 0 Å². The van der Waals surface area contributed by atoms with E-state index in [1.165, 1.54) is 12.1 Å². The average Bonchev–Trinajstić information content (AvgIpc) is 2.38. The van der Waals surface area contributed by atoms with Gasteiger partial charge in [-0.25, -0.2) is 4.39 Å². The zero-order chi connectivity index (χ0) is 12.1. The minimum absolute atomic E-state index is 0.244. The van der Waals surface area contributed by atoms with Gasteiger partial charge in [-0.3, -0.25) is 0 Å². The van der Waals surface area contributed by atoms with Crippen LogP contribution in [-0.4, -0.2) is 7.11 Å². The number of rotatable bonds is 4. The zero-order valence-corrected chi connectivity index (χ0v) is 9.52. The maximum absolute atomic E-state index is 12.7. The van der Waals surface area contributed by atoms with Gasteiger partial charge in [0.25, 0.3) is 0 Å². The topological polar surface area (TPSA) is 18.5 Å². The van der Waals surface area contributed by atoms with Crippen LogP contribution in [0.15, 0.2) is 48.5 Å². The predicted octanol–water partition coefficient (Wildman–Crippen LogP) is 3.41. The summed E-state index contributed by atoms with van der Waals surface area (Å²) >= 11 is 0. The molecule has 0 radical (unpaired) electrons. The summed E-state index contributed by atoms with van der Waals surface area (Å²) in [5, 5.41) is 0. The van der Waals surface area contributed by atoms with E-state index < -0.39 is 0 Å². The molecule has 2 nitrogen and oxygen atoms in total. The molecule has 2 aromatic rings. The molecular formula is C14H13FO2. The van der Waals surface area contributed by atoms with Crippen LogP contribution in [0.1, 0.15) is 5.56 Å². The highest BCUT2D eigenvalue weighted by Gasteiger charge is 2.02. The zero-order valence-electron chi connectivity index (χ0n) is 9.52. The van der Waals surface area contributed by atoms with Crippen LogP contribution < -0.4 is 9.47 Å². The lowest BCUT2D eigenvalue weighted by Gasteiger charge is -2.10. The van der Waals surface area contributed by atoms with E-state index in [9.17, 15) is 4.39 Å². The van der Waals surface area contributed by atoms with Crippen LogP contribution in [0.5, 0.6) is 11.5 Å². The van der Waals surface area contributed by atoms with Crippen molar-refractivity contribution in [2.45, 2.75) is 6.61 Å². The molecule has 0 heterocycles. The summed E-state index contributed by atoms with van der Waals surface area (Å²) in [5.41, 5.74) is 0.914. The first-order chi connectivity index (χ1) is 8.29. The van der Waals surface area contributed by atoms with Gasteiger partial charge in [0.1, 0.15) is 12.4 Å². The van der Waals surface area contributed by atoms with Crippen LogP contribution in [0.25, 0.3) is 0 Å². The van der Waals surface area contributed by atoms with Crippen molar-refractivity contribution in [2.75, 3.05) is 7.11 Å². The van der Waals surface area contributed by atoms with Gasteiger partial charge in [-0.15, -0.1) is 0 Å². The molecule has 0 fully saturated rings. The van der Waals surface area contributed by atoms with E-state index in [2.05, 4.69) is 0 Å². The van der Waals surface area contributed by atoms with Gasteiger partial charge < -0.3 is 9.47 Å². The Labute approximate surface area is 99.6 Å². The van der Waals surface area contributed by atoms with Crippen molar-refractivity contribution in [1.29, 1.82) is 0 Å². The Morgan fingerprint density at radius 3 is 2.24 bits per heavy atom. The standard InChI is InChI=1S/C14H13FO2/c1-16-13-4-2-3-5-14(13)17-10-11-6-8-12(15)9-7-11/h2-9H,10H2,1H3. The van der Waals surface area contributed by atoms with Crippen molar-refractivity contribution in [1.82, 2.24) is 0 Å². The fourth-order valence-corrected chi connectivity index (χ4v) is 1.48. The minimum atomic E-state index is -0.244. The van der Waals surface area contributed by atoms with Gasteiger partial charge in [0.05, 0.1) is 7.11 Å². The summed E-state index contributed by atoms with van der Waals surface area (Å²) in [5.74, 6) is 1.12. The molecule has 0 saturated carbocycles. The molecule has 0 amide bonds. The molecule has 3 heteroatoms. The van der Waals surface area contributed by atoms with Gasteiger partial charge in [-0.05, 0) is 29.8 Å². The molecule has 0 bridgehead atoms. The van der Waals surface area contributed by atoms with Gasteiger partial charge in [0, 0.05) is 0 Å². The van der Waals surface area contributed by atoms with E-state index in [4.69, 9.17) is 9.47 Å². The van der Waals surface area contributed by atoms with Crippen LogP contribution in [0, 0.1) is 5.82 Å². The third-order valence-electron chi connectivity index (χ3n) is 2.38. The van der Waals surface area contributed by atoms with Crippen LogP contribution in [0.2, 0.25) is 0 Å². The molecule has 88 valence electrons. The average molecular weight is 232 g/mol. The molecule has 0 spiro atoms. The lowest BCUT2D eigenvalue weighted by molar-refractivity contribution is 0.284. The fourth-order valence-electron chi connectivity index (χ4n) is 1.48. The number of hydrogen-bond acceptors (Lipinski definition) is 2. The third-order valence-corrected chi connectivity index (χ3v) is 2.38. The van der Waals surface area contributed by atoms with E-state index in [0.717, 1.165) is 5.56 Å². The first-order valence-corrected chi connectivity index (χ1v) is 5.30. The molecule has 0 aliphatic heterocycles. The van der Waals surface area contributed by atoms with Crippen LogP contribution in [0.3, 0.4) is 0 Å². The Morgan fingerprint density at radius 1 is 0.941 bits per heavy atom. The first kappa shape index (κ1) is 11.5. The summed E-state index contributed by atoms with van der Waals surface area (Å²) in [6, 6.07) is 13.7. The molecule has 0 saturated heterocycles. The highest BCUT2D eigenvalue weighted by atomic mass is 19.1. The third kappa shape index (κ3) is 2.97.